The molecule has 1 radical (unpaired) electrons. The number of nitrogens with zero attached hydrogens (tertiary/aromatic N) is 1. The average molecular weight is 336 g/mol. The molecule has 2 atom stereocenters. The van der Waals surface area contributed by atoms with Crippen LogP contribution >= 0.6 is 0 Å². The third kappa shape index (κ3) is 4.77. The molecule has 3 rings (SSSR count). The maximum absolute atomic E-state index is 12.5. The number of ether oxygens (including phenoxy) is 1. The number of rotatable bonds is 7. The Balaban J connectivity index is 1.52. The van der Waals surface area contributed by atoms with Gasteiger partial charge >= 0.3 is 0 Å². The van der Waals surface area contributed by atoms with E-state index in [0.29, 0.717) is 32.4 Å². The molecule has 4 heteroatoms. The number of benzene rings is 2. The van der Waals surface area contributed by atoms with Gasteiger partial charge in [0.05, 0.1) is 12.7 Å². The second-order valence-corrected chi connectivity index (χ2v) is 6.32. The summed E-state index contributed by atoms with van der Waals surface area (Å²) in [5, 5.41) is 0. The van der Waals surface area contributed by atoms with Gasteiger partial charge in [0.25, 0.3) is 0 Å². The van der Waals surface area contributed by atoms with Gasteiger partial charge in [0.1, 0.15) is 6.04 Å². The molecule has 1 aliphatic rings. The van der Waals surface area contributed by atoms with Gasteiger partial charge in [-0.25, -0.2) is 0 Å². The first-order chi connectivity index (χ1) is 12.3. The second-order valence-electron chi connectivity index (χ2n) is 6.32. The van der Waals surface area contributed by atoms with Crippen molar-refractivity contribution in [3.05, 3.63) is 71.8 Å². The van der Waals surface area contributed by atoms with Crippen LogP contribution in [0.4, 0.5) is 0 Å². The van der Waals surface area contributed by atoms with E-state index in [1.165, 1.54) is 0 Å². The summed E-state index contributed by atoms with van der Waals surface area (Å²) < 4.78 is 5.89. The molecule has 0 saturated carbocycles. The Labute approximate surface area is 148 Å². The third-order valence-corrected chi connectivity index (χ3v) is 4.52. The summed E-state index contributed by atoms with van der Waals surface area (Å²) in [4.78, 5) is 25.4. The maximum atomic E-state index is 12.5. The zero-order chi connectivity index (χ0) is 17.5. The van der Waals surface area contributed by atoms with Crippen LogP contribution in [0.2, 0.25) is 0 Å². The van der Waals surface area contributed by atoms with E-state index in [-0.39, 0.29) is 12.0 Å². The molecule has 2 aromatic carbocycles. The predicted molar refractivity (Wildman–Crippen MR) is 95.6 cm³/mol. The van der Waals surface area contributed by atoms with Gasteiger partial charge in [-0.15, -0.1) is 0 Å². The van der Waals surface area contributed by atoms with Crippen molar-refractivity contribution in [1.82, 2.24) is 4.90 Å². The molecule has 0 spiro atoms. The van der Waals surface area contributed by atoms with E-state index in [9.17, 15) is 9.59 Å². The minimum Gasteiger partial charge on any atom is -0.372 e. The molecule has 129 valence electrons. The lowest BCUT2D eigenvalue weighted by molar-refractivity contribution is -0.131. The van der Waals surface area contributed by atoms with Crippen molar-refractivity contribution in [2.75, 3.05) is 6.54 Å². The number of likely N-dealkylation sites (tertiary alicyclic amines) is 1. The SMILES string of the molecule is O=[C]C1C[C@@H](OCc2ccccc2)CN1C(=O)CCc1ccccc1. The number of hydrogen-bond acceptors (Lipinski definition) is 3. The lowest BCUT2D eigenvalue weighted by atomic mass is 10.1. The Bertz CT molecular complexity index is 687. The van der Waals surface area contributed by atoms with Crippen LogP contribution in [0.1, 0.15) is 24.0 Å². The van der Waals surface area contributed by atoms with Gasteiger partial charge in [-0.05, 0) is 17.5 Å². The van der Waals surface area contributed by atoms with Crippen LogP contribution in [0.25, 0.3) is 0 Å². The topological polar surface area (TPSA) is 46.6 Å². The first kappa shape index (κ1) is 17.4. The van der Waals surface area contributed by atoms with Gasteiger partial charge in [-0.3, -0.25) is 9.59 Å². The minimum absolute atomic E-state index is 0.0111. The molecular weight excluding hydrogens is 314 g/mol. The summed E-state index contributed by atoms with van der Waals surface area (Å²) in [5.41, 5.74) is 2.21. The Hall–Kier alpha value is -2.46. The molecule has 1 unspecified atom stereocenters. The molecule has 0 N–H and O–H groups in total. The predicted octanol–water partition coefficient (Wildman–Crippen LogP) is 2.92. The quantitative estimate of drug-likeness (QED) is 0.781. The molecule has 4 nitrogen and oxygen atoms in total. The summed E-state index contributed by atoms with van der Waals surface area (Å²) in [5.74, 6) is -0.0111. The van der Waals surface area contributed by atoms with Crippen molar-refractivity contribution in [3.8, 4) is 0 Å². The molecule has 1 saturated heterocycles. The normalized spacial score (nSPS) is 19.8. The molecule has 0 bridgehead atoms. The molecule has 1 heterocycles. The first-order valence-corrected chi connectivity index (χ1v) is 8.63. The van der Waals surface area contributed by atoms with E-state index in [2.05, 4.69) is 0 Å². The number of carbonyl (C=O) groups is 1. The van der Waals surface area contributed by atoms with E-state index in [0.717, 1.165) is 11.1 Å². The van der Waals surface area contributed by atoms with Crippen LogP contribution in [-0.4, -0.2) is 35.8 Å². The Morgan fingerprint density at radius 2 is 1.68 bits per heavy atom. The molecule has 1 fully saturated rings. The molecule has 25 heavy (non-hydrogen) atoms. The van der Waals surface area contributed by atoms with Gasteiger partial charge in [0.15, 0.2) is 0 Å². The van der Waals surface area contributed by atoms with Crippen LogP contribution in [-0.2, 0) is 27.4 Å². The van der Waals surface area contributed by atoms with Gasteiger partial charge in [0.2, 0.25) is 12.2 Å². The summed E-state index contributed by atoms with van der Waals surface area (Å²) >= 11 is 0. The number of hydrogen-bond donors (Lipinski definition) is 0. The highest BCUT2D eigenvalue weighted by molar-refractivity contribution is 5.80. The summed E-state index contributed by atoms with van der Waals surface area (Å²) in [6.45, 7) is 0.948. The van der Waals surface area contributed by atoms with Crippen LogP contribution in [0.5, 0.6) is 0 Å². The van der Waals surface area contributed by atoms with E-state index in [1.807, 2.05) is 66.9 Å². The highest BCUT2D eigenvalue weighted by Crippen LogP contribution is 2.21. The summed E-state index contributed by atoms with van der Waals surface area (Å²) in [6.07, 6.45) is 3.47. The minimum atomic E-state index is -0.496. The van der Waals surface area contributed by atoms with Crippen LogP contribution < -0.4 is 0 Å². The van der Waals surface area contributed by atoms with Gasteiger partial charge in [-0.2, -0.15) is 0 Å². The first-order valence-electron chi connectivity index (χ1n) is 8.63. The summed E-state index contributed by atoms with van der Waals surface area (Å²) in [7, 11) is 0. The zero-order valence-corrected chi connectivity index (χ0v) is 14.1. The lowest BCUT2D eigenvalue weighted by Gasteiger charge is -2.20. The molecule has 1 aliphatic heterocycles. The average Bonchev–Trinajstić information content (AvgIpc) is 3.09. The maximum Gasteiger partial charge on any atom is 0.223 e. The molecule has 0 aromatic heterocycles. The van der Waals surface area contributed by atoms with Crippen molar-refractivity contribution >= 4 is 12.2 Å². The van der Waals surface area contributed by atoms with Crippen molar-refractivity contribution in [1.29, 1.82) is 0 Å². The van der Waals surface area contributed by atoms with Crippen molar-refractivity contribution < 1.29 is 14.3 Å². The van der Waals surface area contributed by atoms with E-state index >= 15 is 0 Å². The molecular formula is C21H22NO3. The third-order valence-electron chi connectivity index (χ3n) is 4.52. The molecule has 0 aliphatic carbocycles. The Morgan fingerprint density at radius 3 is 2.32 bits per heavy atom. The smallest absolute Gasteiger partial charge is 0.223 e. The van der Waals surface area contributed by atoms with Crippen LogP contribution in [0, 0.1) is 0 Å². The van der Waals surface area contributed by atoms with E-state index in [4.69, 9.17) is 4.74 Å². The van der Waals surface area contributed by atoms with Crippen LogP contribution in [0.15, 0.2) is 60.7 Å². The fourth-order valence-corrected chi connectivity index (χ4v) is 3.13. The van der Waals surface area contributed by atoms with Gasteiger partial charge in [0, 0.05) is 19.4 Å². The molecule has 1 amide bonds. The van der Waals surface area contributed by atoms with E-state index < -0.39 is 6.04 Å². The van der Waals surface area contributed by atoms with Crippen molar-refractivity contribution in [2.24, 2.45) is 0 Å². The van der Waals surface area contributed by atoms with Gasteiger partial charge in [-0.1, -0.05) is 60.7 Å². The number of carbonyl (C=O) groups excluding carboxylic acids is 2. The second kappa shape index (κ2) is 8.58. The van der Waals surface area contributed by atoms with E-state index in [1.54, 1.807) is 4.90 Å². The highest BCUT2D eigenvalue weighted by Gasteiger charge is 2.35. The standard InChI is InChI=1S/C21H22NO3/c23-15-19-13-20(25-16-18-9-5-2-6-10-18)14-22(19)21(24)12-11-17-7-3-1-4-8-17/h1-10,19-20H,11-14,16H2/t19?,20-/m1/s1. The number of aryl methyl sites for hydroxylation is 1. The lowest BCUT2D eigenvalue weighted by Crippen LogP contribution is -2.37. The number of amides is 1. The fourth-order valence-electron chi connectivity index (χ4n) is 3.13. The van der Waals surface area contributed by atoms with Gasteiger partial charge < -0.3 is 9.64 Å². The van der Waals surface area contributed by atoms with Crippen LogP contribution in [0.3, 0.4) is 0 Å². The molecule has 2 aromatic rings. The van der Waals surface area contributed by atoms with Crippen molar-refractivity contribution in [2.45, 2.75) is 38.0 Å². The summed E-state index contributed by atoms with van der Waals surface area (Å²) in [6, 6.07) is 19.3. The Kier molecular flexibility index (Phi) is 5.96. The zero-order valence-electron chi connectivity index (χ0n) is 14.1. The monoisotopic (exact) mass is 336 g/mol. The fraction of sp³-hybridized carbons (Fsp3) is 0.333. The highest BCUT2D eigenvalue weighted by atomic mass is 16.5. The van der Waals surface area contributed by atoms with Crippen molar-refractivity contribution in [3.63, 3.8) is 0 Å². The largest absolute Gasteiger partial charge is 0.372 e. The Morgan fingerprint density at radius 1 is 1.04 bits per heavy atom.